The van der Waals surface area contributed by atoms with Crippen LogP contribution in [0.5, 0.6) is 5.88 Å². The van der Waals surface area contributed by atoms with Crippen molar-refractivity contribution in [3.8, 4) is 5.88 Å². The Balaban J connectivity index is 2.30. The number of hydrogen-bond donors (Lipinski definition) is 1. The van der Waals surface area contributed by atoms with Crippen LogP contribution in [-0.2, 0) is 7.05 Å². The van der Waals surface area contributed by atoms with Gasteiger partial charge >= 0.3 is 0 Å². The van der Waals surface area contributed by atoms with Crippen molar-refractivity contribution in [2.45, 2.75) is 6.92 Å². The van der Waals surface area contributed by atoms with Gasteiger partial charge in [0.05, 0.1) is 6.21 Å². The van der Waals surface area contributed by atoms with Gasteiger partial charge in [-0.25, -0.2) is 4.99 Å². The molecule has 2 aromatic heterocycles. The molecule has 1 N–H and O–H groups in total. The summed E-state index contributed by atoms with van der Waals surface area (Å²) in [6.45, 7) is 1.79. The van der Waals surface area contributed by atoms with Crippen LogP contribution >= 0.6 is 23.6 Å². The van der Waals surface area contributed by atoms with E-state index in [4.69, 9.17) is 16.7 Å². The third-order valence-electron chi connectivity index (χ3n) is 1.94. The standard InChI is InChI=1S/C9H9N3O2S2/c1-5-3-7(11-14-5)10-4-6-8(13)12(2)9(15)16-6/h3-4,13H,1-2H3. The number of aromatic nitrogens is 2. The molecule has 7 heteroatoms. The van der Waals surface area contributed by atoms with Crippen LogP contribution in [0.4, 0.5) is 5.82 Å². The van der Waals surface area contributed by atoms with Crippen LogP contribution in [0.15, 0.2) is 15.6 Å². The van der Waals surface area contributed by atoms with E-state index in [0.29, 0.717) is 20.4 Å². The fraction of sp³-hybridized carbons (Fsp3) is 0.222. The molecule has 0 amide bonds. The zero-order valence-corrected chi connectivity index (χ0v) is 10.3. The Hall–Kier alpha value is -1.47. The summed E-state index contributed by atoms with van der Waals surface area (Å²) in [6, 6.07) is 1.70. The van der Waals surface area contributed by atoms with Crippen LogP contribution in [0.1, 0.15) is 10.6 Å². The molecule has 0 saturated carbocycles. The van der Waals surface area contributed by atoms with E-state index in [1.165, 1.54) is 22.1 Å². The summed E-state index contributed by atoms with van der Waals surface area (Å²) in [7, 11) is 1.70. The van der Waals surface area contributed by atoms with E-state index in [-0.39, 0.29) is 5.88 Å². The first kappa shape index (κ1) is 11.0. The average Bonchev–Trinajstić information content (AvgIpc) is 2.76. The number of thiazole rings is 1. The molecular weight excluding hydrogens is 246 g/mol. The smallest absolute Gasteiger partial charge is 0.211 e. The van der Waals surface area contributed by atoms with Gasteiger partial charge in [-0.1, -0.05) is 16.5 Å². The van der Waals surface area contributed by atoms with E-state index >= 15 is 0 Å². The molecule has 0 unspecified atom stereocenters. The Bertz CT molecular complexity index is 594. The first-order chi connectivity index (χ1) is 7.58. The van der Waals surface area contributed by atoms with E-state index < -0.39 is 0 Å². The fourth-order valence-electron chi connectivity index (χ4n) is 1.08. The molecule has 2 aromatic rings. The minimum atomic E-state index is 0.110. The second-order valence-corrected chi connectivity index (χ2v) is 4.84. The number of aryl methyl sites for hydroxylation is 1. The van der Waals surface area contributed by atoms with Gasteiger partial charge in [-0.3, -0.25) is 4.57 Å². The molecule has 0 atom stereocenters. The van der Waals surface area contributed by atoms with Gasteiger partial charge < -0.3 is 9.63 Å². The SMILES string of the molecule is Cc1cc(N=Cc2sc(=S)n(C)c2O)no1. The van der Waals surface area contributed by atoms with Crippen LogP contribution < -0.4 is 0 Å². The lowest BCUT2D eigenvalue weighted by Gasteiger charge is -1.92. The Morgan fingerprint density at radius 2 is 2.44 bits per heavy atom. The molecule has 0 aliphatic carbocycles. The summed E-state index contributed by atoms with van der Waals surface area (Å²) in [5, 5.41) is 13.4. The van der Waals surface area contributed by atoms with Gasteiger partial charge in [0, 0.05) is 13.1 Å². The van der Waals surface area contributed by atoms with Crippen LogP contribution in [0.25, 0.3) is 0 Å². The maximum Gasteiger partial charge on any atom is 0.211 e. The van der Waals surface area contributed by atoms with Gasteiger partial charge in [0.15, 0.2) is 9.77 Å². The van der Waals surface area contributed by atoms with Crippen molar-refractivity contribution < 1.29 is 9.63 Å². The van der Waals surface area contributed by atoms with Crippen molar-refractivity contribution in [3.05, 3.63) is 20.7 Å². The lowest BCUT2D eigenvalue weighted by molar-refractivity contribution is 0.399. The molecule has 0 fully saturated rings. The third-order valence-corrected chi connectivity index (χ3v) is 3.42. The van der Waals surface area contributed by atoms with Crippen LogP contribution in [-0.4, -0.2) is 21.0 Å². The zero-order chi connectivity index (χ0) is 11.7. The van der Waals surface area contributed by atoms with Crippen LogP contribution in [0.2, 0.25) is 0 Å². The summed E-state index contributed by atoms with van der Waals surface area (Å²) in [5.41, 5.74) is 0. The van der Waals surface area contributed by atoms with Crippen molar-refractivity contribution in [2.75, 3.05) is 0 Å². The van der Waals surface area contributed by atoms with Gasteiger partial charge in [0.25, 0.3) is 0 Å². The topological polar surface area (TPSA) is 63.5 Å². The molecule has 84 valence electrons. The molecule has 0 bridgehead atoms. The lowest BCUT2D eigenvalue weighted by Crippen LogP contribution is -1.85. The highest BCUT2D eigenvalue weighted by molar-refractivity contribution is 7.73. The normalized spacial score (nSPS) is 11.4. The molecule has 2 heterocycles. The summed E-state index contributed by atoms with van der Waals surface area (Å²) in [6.07, 6.45) is 1.52. The highest BCUT2D eigenvalue weighted by Crippen LogP contribution is 2.23. The molecular formula is C9H9N3O2S2. The predicted molar refractivity (Wildman–Crippen MR) is 64.3 cm³/mol. The molecule has 0 aromatic carbocycles. The molecule has 0 saturated heterocycles. The van der Waals surface area contributed by atoms with Crippen molar-refractivity contribution >= 4 is 35.6 Å². The number of nitrogens with zero attached hydrogens (tertiary/aromatic N) is 3. The van der Waals surface area contributed by atoms with Crippen LogP contribution in [0, 0.1) is 10.9 Å². The number of aromatic hydroxyl groups is 1. The first-order valence-corrected chi connectivity index (χ1v) is 5.66. The predicted octanol–water partition coefficient (Wildman–Crippen LogP) is 2.57. The van der Waals surface area contributed by atoms with E-state index in [0.717, 1.165) is 0 Å². The monoisotopic (exact) mass is 255 g/mol. The molecule has 5 nitrogen and oxygen atoms in total. The Kier molecular flexibility index (Phi) is 2.88. The highest BCUT2D eigenvalue weighted by Gasteiger charge is 2.06. The fourth-order valence-corrected chi connectivity index (χ4v) is 2.18. The van der Waals surface area contributed by atoms with Crippen molar-refractivity contribution in [1.29, 1.82) is 0 Å². The molecule has 0 spiro atoms. The number of hydrogen-bond acceptors (Lipinski definition) is 6. The van der Waals surface area contributed by atoms with Crippen molar-refractivity contribution in [3.63, 3.8) is 0 Å². The summed E-state index contributed by atoms with van der Waals surface area (Å²) < 4.78 is 6.98. The minimum Gasteiger partial charge on any atom is -0.493 e. The third kappa shape index (κ3) is 2.05. The Labute approximate surface area is 101 Å². The Morgan fingerprint density at radius 1 is 1.69 bits per heavy atom. The largest absolute Gasteiger partial charge is 0.493 e. The van der Waals surface area contributed by atoms with Crippen molar-refractivity contribution in [2.24, 2.45) is 12.0 Å². The van der Waals surface area contributed by atoms with Gasteiger partial charge in [-0.05, 0) is 19.1 Å². The number of rotatable bonds is 2. The summed E-state index contributed by atoms with van der Waals surface area (Å²) in [4.78, 5) is 4.68. The number of aliphatic imine (C=N–C) groups is 1. The highest BCUT2D eigenvalue weighted by atomic mass is 32.1. The maximum absolute atomic E-state index is 9.67. The average molecular weight is 255 g/mol. The van der Waals surface area contributed by atoms with E-state index in [1.807, 2.05) is 0 Å². The minimum absolute atomic E-state index is 0.110. The second kappa shape index (κ2) is 4.18. The van der Waals surface area contributed by atoms with Gasteiger partial charge in [0.2, 0.25) is 5.88 Å². The molecule has 16 heavy (non-hydrogen) atoms. The first-order valence-electron chi connectivity index (χ1n) is 4.44. The Morgan fingerprint density at radius 3 is 2.94 bits per heavy atom. The molecule has 2 rings (SSSR count). The summed E-state index contributed by atoms with van der Waals surface area (Å²) >= 11 is 6.31. The van der Waals surface area contributed by atoms with Gasteiger partial charge in [-0.15, -0.1) is 0 Å². The maximum atomic E-state index is 9.67. The van der Waals surface area contributed by atoms with Crippen LogP contribution in [0.3, 0.4) is 0 Å². The van der Waals surface area contributed by atoms with Crippen molar-refractivity contribution in [1.82, 2.24) is 9.72 Å². The quantitative estimate of drug-likeness (QED) is 0.661. The van der Waals surface area contributed by atoms with Gasteiger partial charge in [0.1, 0.15) is 10.6 Å². The molecule has 0 aliphatic heterocycles. The van der Waals surface area contributed by atoms with E-state index in [2.05, 4.69) is 10.1 Å². The second-order valence-electron chi connectivity index (χ2n) is 3.17. The zero-order valence-electron chi connectivity index (χ0n) is 8.67. The summed E-state index contributed by atoms with van der Waals surface area (Å²) in [5.74, 6) is 1.27. The van der Waals surface area contributed by atoms with E-state index in [1.54, 1.807) is 20.0 Å². The van der Waals surface area contributed by atoms with E-state index in [9.17, 15) is 5.11 Å². The lowest BCUT2D eigenvalue weighted by atomic mass is 10.5. The van der Waals surface area contributed by atoms with Gasteiger partial charge in [-0.2, -0.15) is 0 Å². The molecule has 0 aliphatic rings. The molecule has 0 radical (unpaired) electrons.